The molecule has 1 aliphatic rings. The van der Waals surface area contributed by atoms with Gasteiger partial charge in [0.25, 0.3) is 5.91 Å². The van der Waals surface area contributed by atoms with Crippen molar-refractivity contribution in [2.24, 2.45) is 0 Å². The van der Waals surface area contributed by atoms with Crippen LogP contribution in [0.25, 0.3) is 6.08 Å². The summed E-state index contributed by atoms with van der Waals surface area (Å²) in [5.41, 5.74) is 0.763. The molecule has 0 bridgehead atoms. The third-order valence-electron chi connectivity index (χ3n) is 4.77. The van der Waals surface area contributed by atoms with Gasteiger partial charge in [-0.15, -0.1) is 0 Å². The van der Waals surface area contributed by atoms with Crippen molar-refractivity contribution in [3.8, 4) is 11.5 Å². The Hall–Kier alpha value is -2.06. The number of carbonyl (C=O) groups excluding carboxylic acids is 1. The minimum Gasteiger partial charge on any atom is -0.490 e. The first-order valence-corrected chi connectivity index (χ1v) is 12.0. The SMILES string of the molecule is CCCCCCC[C@@H](C)Oc1ccc(/C=C2/SC(=S)N(CC(=O)O)C2=O)cc1OCC. The number of carbonyl (C=O) groups is 2. The van der Waals surface area contributed by atoms with Gasteiger partial charge in [-0.3, -0.25) is 14.5 Å². The van der Waals surface area contributed by atoms with E-state index in [-0.39, 0.29) is 10.4 Å². The molecule has 0 radical (unpaired) electrons. The van der Waals surface area contributed by atoms with E-state index in [1.807, 2.05) is 25.1 Å². The van der Waals surface area contributed by atoms with E-state index in [0.717, 1.165) is 35.1 Å². The van der Waals surface area contributed by atoms with Crippen LogP contribution >= 0.6 is 24.0 Å². The van der Waals surface area contributed by atoms with Crippen LogP contribution in [-0.4, -0.2) is 45.5 Å². The Kier molecular flexibility index (Phi) is 10.3. The number of carboxylic acids is 1. The standard InChI is InChI=1S/C23H31NO5S2/c1-4-6-7-8-9-10-16(3)29-18-12-11-17(13-19(18)28-5-2)14-20-22(27)24(15-21(25)26)23(30)31-20/h11-14,16H,4-10,15H2,1-3H3,(H,25,26)/b20-14+/t16-/m1/s1. The van der Waals surface area contributed by atoms with Crippen molar-refractivity contribution in [2.45, 2.75) is 65.4 Å². The average molecular weight is 466 g/mol. The Labute approximate surface area is 194 Å². The summed E-state index contributed by atoms with van der Waals surface area (Å²) in [6.07, 6.45) is 8.91. The van der Waals surface area contributed by atoms with Crippen LogP contribution in [0, 0.1) is 0 Å². The predicted molar refractivity (Wildman–Crippen MR) is 129 cm³/mol. The number of benzene rings is 1. The molecule has 0 aliphatic carbocycles. The molecule has 8 heteroatoms. The van der Waals surface area contributed by atoms with Crippen LogP contribution in [-0.2, 0) is 9.59 Å². The minimum atomic E-state index is -1.10. The summed E-state index contributed by atoms with van der Waals surface area (Å²) >= 11 is 6.24. The zero-order chi connectivity index (χ0) is 22.8. The number of ether oxygens (including phenoxy) is 2. The second-order valence-corrected chi connectivity index (χ2v) is 9.11. The topological polar surface area (TPSA) is 76.1 Å². The van der Waals surface area contributed by atoms with Gasteiger partial charge >= 0.3 is 5.97 Å². The highest BCUT2D eigenvalue weighted by Gasteiger charge is 2.33. The fourth-order valence-corrected chi connectivity index (χ4v) is 4.47. The predicted octanol–water partition coefficient (Wildman–Crippen LogP) is 5.50. The van der Waals surface area contributed by atoms with Gasteiger partial charge in [0.2, 0.25) is 0 Å². The first kappa shape index (κ1) is 25.2. The lowest BCUT2D eigenvalue weighted by Crippen LogP contribution is -2.33. The Balaban J connectivity index is 2.08. The number of aliphatic carboxylic acids is 1. The molecule has 1 fully saturated rings. The van der Waals surface area contributed by atoms with Crippen molar-refractivity contribution >= 4 is 46.3 Å². The molecule has 1 aromatic rings. The third-order valence-corrected chi connectivity index (χ3v) is 6.15. The molecule has 0 aromatic heterocycles. The van der Waals surface area contributed by atoms with E-state index in [0.29, 0.717) is 23.0 Å². The molecule has 1 saturated heterocycles. The van der Waals surface area contributed by atoms with Crippen molar-refractivity contribution in [3.05, 3.63) is 28.7 Å². The molecule has 1 heterocycles. The van der Waals surface area contributed by atoms with Gasteiger partial charge in [0.1, 0.15) is 10.9 Å². The normalized spacial score (nSPS) is 16.1. The van der Waals surface area contributed by atoms with Crippen molar-refractivity contribution in [2.75, 3.05) is 13.2 Å². The monoisotopic (exact) mass is 465 g/mol. The molecule has 6 nitrogen and oxygen atoms in total. The first-order chi connectivity index (χ1) is 14.8. The lowest BCUT2D eigenvalue weighted by Gasteiger charge is -2.18. The maximum absolute atomic E-state index is 12.5. The molecular formula is C23H31NO5S2. The molecule has 31 heavy (non-hydrogen) atoms. The highest BCUT2D eigenvalue weighted by atomic mass is 32.2. The fraction of sp³-hybridized carbons (Fsp3) is 0.522. The Morgan fingerprint density at radius 1 is 1.23 bits per heavy atom. The van der Waals surface area contributed by atoms with Gasteiger partial charge in [-0.1, -0.05) is 62.7 Å². The lowest BCUT2D eigenvalue weighted by molar-refractivity contribution is -0.140. The largest absolute Gasteiger partial charge is 0.490 e. The van der Waals surface area contributed by atoms with Crippen LogP contribution in [0.2, 0.25) is 0 Å². The summed E-state index contributed by atoms with van der Waals surface area (Å²) < 4.78 is 12.1. The fourth-order valence-electron chi connectivity index (χ4n) is 3.21. The Morgan fingerprint density at radius 3 is 2.65 bits per heavy atom. The molecule has 1 atom stereocenters. The summed E-state index contributed by atoms with van der Waals surface area (Å²) in [6.45, 7) is 6.24. The Bertz CT molecular complexity index is 824. The molecule has 1 aromatic carbocycles. The van der Waals surface area contributed by atoms with E-state index in [4.69, 9.17) is 26.8 Å². The molecule has 1 N–H and O–H groups in total. The molecular weight excluding hydrogens is 434 g/mol. The number of carboxylic acid groups (broad SMARTS) is 1. The van der Waals surface area contributed by atoms with Gasteiger partial charge in [-0.25, -0.2) is 0 Å². The summed E-state index contributed by atoms with van der Waals surface area (Å²) in [4.78, 5) is 24.9. The summed E-state index contributed by atoms with van der Waals surface area (Å²) in [5.74, 6) is -0.196. The van der Waals surface area contributed by atoms with Crippen molar-refractivity contribution < 1.29 is 24.2 Å². The van der Waals surface area contributed by atoms with Crippen LogP contribution in [0.4, 0.5) is 0 Å². The summed E-state index contributed by atoms with van der Waals surface area (Å²) in [5, 5.41) is 8.96. The van der Waals surface area contributed by atoms with E-state index in [1.54, 1.807) is 6.08 Å². The van der Waals surface area contributed by atoms with Crippen LogP contribution in [0.3, 0.4) is 0 Å². The maximum Gasteiger partial charge on any atom is 0.323 e. The summed E-state index contributed by atoms with van der Waals surface area (Å²) in [7, 11) is 0. The van der Waals surface area contributed by atoms with Crippen molar-refractivity contribution in [3.63, 3.8) is 0 Å². The zero-order valence-electron chi connectivity index (χ0n) is 18.4. The number of amides is 1. The molecule has 0 spiro atoms. The van der Waals surface area contributed by atoms with Gasteiger partial charge in [-0.05, 0) is 50.5 Å². The van der Waals surface area contributed by atoms with E-state index in [1.165, 1.54) is 25.7 Å². The van der Waals surface area contributed by atoms with E-state index in [2.05, 4.69) is 13.8 Å². The number of nitrogens with zero attached hydrogens (tertiary/aromatic N) is 1. The number of thiocarbonyl (C=S) groups is 1. The van der Waals surface area contributed by atoms with Gasteiger partial charge in [0.05, 0.1) is 17.6 Å². The lowest BCUT2D eigenvalue weighted by atomic mass is 10.1. The Morgan fingerprint density at radius 2 is 1.97 bits per heavy atom. The van der Waals surface area contributed by atoms with E-state index < -0.39 is 18.4 Å². The second kappa shape index (κ2) is 12.7. The first-order valence-electron chi connectivity index (χ1n) is 10.8. The molecule has 0 saturated carbocycles. The number of thioether (sulfide) groups is 1. The van der Waals surface area contributed by atoms with Gasteiger partial charge in [0, 0.05) is 0 Å². The molecule has 0 unspecified atom stereocenters. The van der Waals surface area contributed by atoms with Crippen LogP contribution in [0.1, 0.15) is 64.9 Å². The number of unbranched alkanes of at least 4 members (excludes halogenated alkanes) is 4. The minimum absolute atomic E-state index is 0.0824. The highest BCUT2D eigenvalue weighted by molar-refractivity contribution is 8.26. The van der Waals surface area contributed by atoms with Gasteiger partial charge < -0.3 is 14.6 Å². The van der Waals surface area contributed by atoms with Crippen LogP contribution in [0.15, 0.2) is 23.1 Å². The maximum atomic E-state index is 12.5. The zero-order valence-corrected chi connectivity index (χ0v) is 20.0. The quantitative estimate of drug-likeness (QED) is 0.234. The highest BCUT2D eigenvalue weighted by Crippen LogP contribution is 2.35. The molecule has 1 amide bonds. The van der Waals surface area contributed by atoms with E-state index >= 15 is 0 Å². The van der Waals surface area contributed by atoms with Crippen LogP contribution < -0.4 is 9.47 Å². The van der Waals surface area contributed by atoms with E-state index in [9.17, 15) is 9.59 Å². The number of hydrogen-bond donors (Lipinski definition) is 1. The van der Waals surface area contributed by atoms with Crippen molar-refractivity contribution in [1.82, 2.24) is 4.90 Å². The van der Waals surface area contributed by atoms with Gasteiger partial charge in [-0.2, -0.15) is 0 Å². The molecule has 170 valence electrons. The van der Waals surface area contributed by atoms with Crippen molar-refractivity contribution in [1.29, 1.82) is 0 Å². The van der Waals surface area contributed by atoms with Gasteiger partial charge in [0.15, 0.2) is 11.5 Å². The smallest absolute Gasteiger partial charge is 0.323 e. The summed E-state index contributed by atoms with van der Waals surface area (Å²) in [6, 6.07) is 5.54. The average Bonchev–Trinajstić information content (AvgIpc) is 2.97. The third kappa shape index (κ3) is 7.85. The number of hydrogen-bond acceptors (Lipinski definition) is 6. The second-order valence-electron chi connectivity index (χ2n) is 7.43. The number of rotatable bonds is 13. The van der Waals surface area contributed by atoms with Crippen LogP contribution in [0.5, 0.6) is 11.5 Å². The molecule has 1 aliphatic heterocycles. The molecule has 2 rings (SSSR count).